The highest BCUT2D eigenvalue weighted by molar-refractivity contribution is 7.89. The summed E-state index contributed by atoms with van der Waals surface area (Å²) in [4.78, 5) is 25.6. The van der Waals surface area contributed by atoms with E-state index in [4.69, 9.17) is 23.2 Å². The maximum absolute atomic E-state index is 13.3. The first kappa shape index (κ1) is 27.4. The van der Waals surface area contributed by atoms with Crippen molar-refractivity contribution in [3.63, 3.8) is 0 Å². The van der Waals surface area contributed by atoms with Crippen molar-refractivity contribution in [2.24, 2.45) is 0 Å². The molecular weight excluding hydrogens is 535 g/mol. The molecule has 2 aliphatic rings. The van der Waals surface area contributed by atoms with Gasteiger partial charge in [0.25, 0.3) is 10.0 Å². The van der Waals surface area contributed by atoms with Gasteiger partial charge in [-0.25, -0.2) is 8.42 Å². The highest BCUT2D eigenvalue weighted by atomic mass is 35.5. The molecule has 2 aromatic carbocycles. The minimum Gasteiger partial charge on any atom is -0.349 e. The van der Waals surface area contributed by atoms with Gasteiger partial charge in [0.1, 0.15) is 6.04 Å². The number of sulfonamides is 1. The van der Waals surface area contributed by atoms with Crippen molar-refractivity contribution in [3.8, 4) is 0 Å². The fourth-order valence-electron chi connectivity index (χ4n) is 4.58. The van der Waals surface area contributed by atoms with E-state index >= 15 is 0 Å². The first-order valence-electron chi connectivity index (χ1n) is 12.2. The van der Waals surface area contributed by atoms with Crippen LogP contribution in [0.1, 0.15) is 55.8 Å². The maximum Gasteiger partial charge on any atom is 0.264 e. The van der Waals surface area contributed by atoms with Gasteiger partial charge in [0.2, 0.25) is 11.8 Å². The summed E-state index contributed by atoms with van der Waals surface area (Å²) in [6.07, 6.45) is 4.75. The molecule has 8 nitrogen and oxygen atoms in total. The van der Waals surface area contributed by atoms with Crippen LogP contribution in [-0.2, 0) is 32.6 Å². The summed E-state index contributed by atoms with van der Waals surface area (Å²) < 4.78 is 27.5. The van der Waals surface area contributed by atoms with E-state index in [0.29, 0.717) is 6.04 Å². The zero-order valence-electron chi connectivity index (χ0n) is 20.6. The Morgan fingerprint density at radius 1 is 1.16 bits per heavy atom. The molecule has 0 spiro atoms. The van der Waals surface area contributed by atoms with Crippen molar-refractivity contribution >= 4 is 45.0 Å². The molecule has 3 N–H and O–H groups in total. The Labute approximate surface area is 227 Å². The monoisotopic (exact) mass is 564 g/mol. The van der Waals surface area contributed by atoms with E-state index in [0.717, 1.165) is 35.7 Å². The van der Waals surface area contributed by atoms with E-state index in [9.17, 15) is 18.0 Å². The molecule has 1 aliphatic carbocycles. The van der Waals surface area contributed by atoms with Gasteiger partial charge >= 0.3 is 0 Å². The number of aryl methyl sites for hydroxylation is 1. The molecule has 0 bridgehead atoms. The molecular formula is C26H30Cl2N4O4S. The summed E-state index contributed by atoms with van der Waals surface area (Å²) in [6, 6.07) is 9.12. The number of carbonyl (C=O) groups excluding carboxylic acids is 2. The number of amides is 2. The minimum atomic E-state index is -4.17. The van der Waals surface area contributed by atoms with Crippen LogP contribution < -0.4 is 16.0 Å². The molecule has 1 aliphatic heterocycles. The topological polar surface area (TPSA) is 108 Å². The van der Waals surface area contributed by atoms with E-state index in [-0.39, 0.29) is 27.4 Å². The average molecular weight is 566 g/mol. The molecule has 0 saturated carbocycles. The molecule has 2 atom stereocenters. The molecule has 11 heteroatoms. The molecule has 0 saturated heterocycles. The number of nitrogens with one attached hydrogen (secondary N) is 3. The maximum atomic E-state index is 13.3. The number of benzene rings is 2. The lowest BCUT2D eigenvalue weighted by atomic mass is 9.86. The predicted octanol–water partition coefficient (Wildman–Crippen LogP) is 4.04. The number of hydrogen-bond acceptors (Lipinski definition) is 5. The summed E-state index contributed by atoms with van der Waals surface area (Å²) in [6.45, 7) is 4.97. The van der Waals surface area contributed by atoms with Gasteiger partial charge in [-0.05, 0) is 54.2 Å². The molecule has 198 valence electrons. The van der Waals surface area contributed by atoms with Gasteiger partial charge < -0.3 is 16.0 Å². The van der Waals surface area contributed by atoms with Crippen LogP contribution >= 0.6 is 23.2 Å². The first-order chi connectivity index (χ1) is 17.6. The lowest BCUT2D eigenvalue weighted by molar-refractivity contribution is -0.129. The molecule has 0 radical (unpaired) electrons. The summed E-state index contributed by atoms with van der Waals surface area (Å²) in [5, 5.41) is 9.21. The van der Waals surface area contributed by atoms with Crippen LogP contribution in [0.15, 0.2) is 53.7 Å². The van der Waals surface area contributed by atoms with Crippen LogP contribution in [0.2, 0.25) is 10.0 Å². The first-order valence-corrected chi connectivity index (χ1v) is 14.4. The minimum absolute atomic E-state index is 0.0709. The molecule has 4 rings (SSSR count). The molecule has 37 heavy (non-hydrogen) atoms. The third kappa shape index (κ3) is 6.29. The Morgan fingerprint density at radius 2 is 1.95 bits per heavy atom. The Kier molecular flexibility index (Phi) is 8.48. The van der Waals surface area contributed by atoms with Crippen LogP contribution in [0.5, 0.6) is 0 Å². The van der Waals surface area contributed by atoms with Crippen LogP contribution in [0, 0.1) is 0 Å². The second-order valence-electron chi connectivity index (χ2n) is 9.54. The van der Waals surface area contributed by atoms with Crippen molar-refractivity contribution < 1.29 is 18.0 Å². The molecule has 2 amide bonds. The van der Waals surface area contributed by atoms with Gasteiger partial charge in [0.15, 0.2) is 0 Å². The number of fused-ring (bicyclic) bond motifs is 1. The number of nitrogens with zero attached hydrogens (tertiary/aromatic N) is 1. The summed E-state index contributed by atoms with van der Waals surface area (Å²) in [7, 11) is -4.17. The van der Waals surface area contributed by atoms with Crippen LogP contribution in [0.4, 0.5) is 0 Å². The Balaban J connectivity index is 1.50. The predicted molar refractivity (Wildman–Crippen MR) is 143 cm³/mol. The van der Waals surface area contributed by atoms with E-state index in [1.165, 1.54) is 41.7 Å². The SMILES string of the molecule is CC(C)NCc1ccc2c(c1)CCC[C@H]2NC(=O)C[C@@H]1C(=O)NC=CN1S(=O)(=O)c1ccc(Cl)c(Cl)c1. The third-order valence-electron chi connectivity index (χ3n) is 6.47. The van der Waals surface area contributed by atoms with Crippen molar-refractivity contribution in [2.45, 2.75) is 69.1 Å². The lowest BCUT2D eigenvalue weighted by Gasteiger charge is -2.32. The van der Waals surface area contributed by atoms with Crippen LogP contribution in [0.3, 0.4) is 0 Å². The van der Waals surface area contributed by atoms with Crippen molar-refractivity contribution in [3.05, 3.63) is 75.5 Å². The van der Waals surface area contributed by atoms with Crippen LogP contribution in [-0.4, -0.2) is 36.6 Å². The third-order valence-corrected chi connectivity index (χ3v) is 8.99. The standard InChI is InChI=1S/C26H30Cl2N4O4S/c1-16(2)30-15-17-6-8-20-18(12-17)4-3-5-23(20)31-25(33)14-24-26(34)29-10-11-32(24)37(35,36)19-7-9-21(27)22(28)13-19/h6-13,16,23-24,30H,3-5,14-15H2,1-2H3,(H,29,34)(H,31,33)/t23-,24-/m1/s1. The molecule has 1 heterocycles. The lowest BCUT2D eigenvalue weighted by Crippen LogP contribution is -2.51. The molecule has 0 unspecified atom stereocenters. The zero-order chi connectivity index (χ0) is 26.7. The van der Waals surface area contributed by atoms with Crippen molar-refractivity contribution in [2.75, 3.05) is 0 Å². The Morgan fingerprint density at radius 3 is 2.68 bits per heavy atom. The fraction of sp³-hybridized carbons (Fsp3) is 0.385. The quantitative estimate of drug-likeness (QED) is 0.448. The summed E-state index contributed by atoms with van der Waals surface area (Å²) >= 11 is 11.9. The van der Waals surface area contributed by atoms with Gasteiger partial charge in [-0.2, -0.15) is 0 Å². The van der Waals surface area contributed by atoms with E-state index < -0.39 is 27.9 Å². The van der Waals surface area contributed by atoms with Gasteiger partial charge in [-0.3, -0.25) is 13.9 Å². The van der Waals surface area contributed by atoms with Crippen LogP contribution in [0.25, 0.3) is 0 Å². The van der Waals surface area contributed by atoms with Gasteiger partial charge in [0, 0.05) is 25.0 Å². The van der Waals surface area contributed by atoms with Gasteiger partial charge in [-0.15, -0.1) is 0 Å². The normalized spacial score (nSPS) is 19.5. The Bertz CT molecular complexity index is 1330. The second-order valence-corrected chi connectivity index (χ2v) is 12.2. The number of rotatable bonds is 8. The van der Waals surface area contributed by atoms with Gasteiger partial charge in [0.05, 0.1) is 27.4 Å². The Hall–Kier alpha value is -2.59. The van der Waals surface area contributed by atoms with E-state index in [1.54, 1.807) is 0 Å². The summed E-state index contributed by atoms with van der Waals surface area (Å²) in [5.41, 5.74) is 3.44. The number of halogens is 2. The van der Waals surface area contributed by atoms with E-state index in [2.05, 4.69) is 41.9 Å². The largest absolute Gasteiger partial charge is 0.349 e. The molecule has 0 aromatic heterocycles. The summed E-state index contributed by atoms with van der Waals surface area (Å²) in [5.74, 6) is -0.999. The average Bonchev–Trinajstić information content (AvgIpc) is 2.85. The zero-order valence-corrected chi connectivity index (χ0v) is 23.0. The number of carbonyl (C=O) groups is 2. The second kappa shape index (κ2) is 11.4. The number of hydrogen-bond donors (Lipinski definition) is 3. The van der Waals surface area contributed by atoms with Crippen molar-refractivity contribution in [1.29, 1.82) is 0 Å². The molecule has 2 aromatic rings. The molecule has 0 fully saturated rings. The highest BCUT2D eigenvalue weighted by Crippen LogP contribution is 2.32. The van der Waals surface area contributed by atoms with Gasteiger partial charge in [-0.1, -0.05) is 55.2 Å². The fourth-order valence-corrected chi connectivity index (χ4v) is 6.42. The van der Waals surface area contributed by atoms with E-state index in [1.807, 2.05) is 6.07 Å². The smallest absolute Gasteiger partial charge is 0.264 e. The highest BCUT2D eigenvalue weighted by Gasteiger charge is 2.37. The van der Waals surface area contributed by atoms with Crippen molar-refractivity contribution in [1.82, 2.24) is 20.3 Å².